The molecule has 0 unspecified atom stereocenters. The highest BCUT2D eigenvalue weighted by Gasteiger charge is 2.25. The number of alkyl carbamates (subject to hydrolysis) is 1. The molecule has 0 atom stereocenters. The fourth-order valence-corrected chi connectivity index (χ4v) is 1.71. The molecule has 0 saturated carbocycles. The zero-order chi connectivity index (χ0) is 17.8. The van der Waals surface area contributed by atoms with E-state index in [2.05, 4.69) is 10.6 Å². The summed E-state index contributed by atoms with van der Waals surface area (Å²) < 4.78 is 31.8. The van der Waals surface area contributed by atoms with Crippen LogP contribution in [0.1, 0.15) is 45.0 Å². The molecule has 0 fully saturated rings. The molecule has 0 spiro atoms. The maximum atomic E-state index is 13.6. The molecular weight excluding hydrogens is 306 g/mol. The summed E-state index contributed by atoms with van der Waals surface area (Å²) in [4.78, 5) is 23.6. The third-order valence-electron chi connectivity index (χ3n) is 2.72. The van der Waals surface area contributed by atoms with E-state index in [-0.39, 0.29) is 6.54 Å². The number of nitrogens with one attached hydrogen (secondary N) is 2. The molecule has 0 aromatic heterocycles. The highest BCUT2D eigenvalue weighted by Crippen LogP contribution is 2.13. The van der Waals surface area contributed by atoms with Crippen molar-refractivity contribution in [2.75, 3.05) is 6.54 Å². The lowest BCUT2D eigenvalue weighted by atomic mass is 10.0. The van der Waals surface area contributed by atoms with Crippen molar-refractivity contribution in [1.82, 2.24) is 10.6 Å². The van der Waals surface area contributed by atoms with E-state index in [9.17, 15) is 18.4 Å². The van der Waals surface area contributed by atoms with Gasteiger partial charge in [0.25, 0.3) is 5.91 Å². The number of benzene rings is 1. The predicted molar refractivity (Wildman–Crippen MR) is 82.1 cm³/mol. The lowest BCUT2D eigenvalue weighted by Gasteiger charge is -2.28. The number of rotatable bonds is 4. The first-order valence-electron chi connectivity index (χ1n) is 7.15. The Kier molecular flexibility index (Phi) is 5.69. The van der Waals surface area contributed by atoms with Gasteiger partial charge in [-0.05, 0) is 46.8 Å². The Morgan fingerprint density at radius 3 is 2.30 bits per heavy atom. The van der Waals surface area contributed by atoms with Gasteiger partial charge in [0.15, 0.2) is 11.6 Å². The first-order chi connectivity index (χ1) is 10.4. The van der Waals surface area contributed by atoms with Crippen LogP contribution in [0.2, 0.25) is 0 Å². The molecule has 0 aliphatic carbocycles. The molecule has 2 N–H and O–H groups in total. The smallest absolute Gasteiger partial charge is 0.407 e. The summed E-state index contributed by atoms with van der Waals surface area (Å²) in [7, 11) is 0. The van der Waals surface area contributed by atoms with Crippen LogP contribution in [0.4, 0.5) is 13.6 Å². The van der Waals surface area contributed by atoms with Crippen molar-refractivity contribution in [1.29, 1.82) is 0 Å². The maximum Gasteiger partial charge on any atom is 0.407 e. The van der Waals surface area contributed by atoms with E-state index >= 15 is 0 Å². The van der Waals surface area contributed by atoms with E-state index in [1.165, 1.54) is 12.1 Å². The van der Waals surface area contributed by atoms with Gasteiger partial charge in [-0.25, -0.2) is 13.6 Å². The molecular formula is C16H22F2N2O3. The molecule has 128 valence electrons. The topological polar surface area (TPSA) is 67.4 Å². The normalized spacial score (nSPS) is 11.8. The van der Waals surface area contributed by atoms with Crippen LogP contribution in [0.15, 0.2) is 18.2 Å². The molecule has 1 aromatic carbocycles. The van der Waals surface area contributed by atoms with Crippen LogP contribution in [-0.4, -0.2) is 29.7 Å². The molecule has 7 heteroatoms. The van der Waals surface area contributed by atoms with E-state index in [1.807, 2.05) is 0 Å². The van der Waals surface area contributed by atoms with Gasteiger partial charge in [0, 0.05) is 6.54 Å². The van der Waals surface area contributed by atoms with E-state index < -0.39 is 40.3 Å². The number of carbonyl (C=O) groups excluding carboxylic acids is 2. The van der Waals surface area contributed by atoms with Gasteiger partial charge in [0.05, 0.1) is 11.1 Å². The number of ether oxygens (including phenoxy) is 1. The van der Waals surface area contributed by atoms with E-state index in [0.717, 1.165) is 6.07 Å². The summed E-state index contributed by atoms with van der Waals surface area (Å²) >= 11 is 0. The minimum absolute atomic E-state index is 0.0601. The third kappa shape index (κ3) is 6.22. The van der Waals surface area contributed by atoms with Gasteiger partial charge in [-0.2, -0.15) is 0 Å². The van der Waals surface area contributed by atoms with Gasteiger partial charge in [-0.15, -0.1) is 0 Å². The van der Waals surface area contributed by atoms with Crippen LogP contribution < -0.4 is 10.6 Å². The monoisotopic (exact) mass is 328 g/mol. The Hall–Kier alpha value is -2.18. The standard InChI is InChI=1S/C16H22F2N2O3/c1-15(2,3)23-14(22)19-9-16(4,5)20-13(21)10-7-6-8-11(17)12(10)18/h6-8H,9H2,1-5H3,(H,19,22)(H,20,21). The number of hydrogen-bond acceptors (Lipinski definition) is 3. The van der Waals surface area contributed by atoms with Crippen LogP contribution in [0, 0.1) is 11.6 Å². The minimum Gasteiger partial charge on any atom is -0.444 e. The minimum atomic E-state index is -1.21. The van der Waals surface area contributed by atoms with E-state index in [4.69, 9.17) is 4.74 Å². The summed E-state index contributed by atoms with van der Waals surface area (Å²) in [6, 6.07) is 3.37. The maximum absolute atomic E-state index is 13.6. The molecule has 23 heavy (non-hydrogen) atoms. The van der Waals surface area contributed by atoms with Gasteiger partial charge in [-0.3, -0.25) is 4.79 Å². The molecule has 0 radical (unpaired) electrons. The molecule has 0 aliphatic rings. The Bertz CT molecular complexity index is 595. The van der Waals surface area contributed by atoms with Crippen molar-refractivity contribution in [3.05, 3.63) is 35.4 Å². The Morgan fingerprint density at radius 2 is 1.74 bits per heavy atom. The second kappa shape index (κ2) is 6.93. The van der Waals surface area contributed by atoms with Gasteiger partial charge >= 0.3 is 6.09 Å². The van der Waals surface area contributed by atoms with Crippen molar-refractivity contribution in [3.8, 4) is 0 Å². The van der Waals surface area contributed by atoms with Crippen LogP contribution >= 0.6 is 0 Å². The second-order valence-electron chi connectivity index (χ2n) is 6.79. The first-order valence-corrected chi connectivity index (χ1v) is 7.15. The molecule has 0 bridgehead atoms. The molecule has 1 rings (SSSR count). The SMILES string of the molecule is CC(C)(CNC(=O)OC(C)(C)C)NC(=O)c1cccc(F)c1F. The zero-order valence-electron chi connectivity index (χ0n) is 13.9. The molecule has 0 aliphatic heterocycles. The van der Waals surface area contributed by atoms with Crippen molar-refractivity contribution in [3.63, 3.8) is 0 Å². The summed E-state index contributed by atoms with van der Waals surface area (Å²) in [5.41, 5.74) is -1.91. The van der Waals surface area contributed by atoms with Crippen molar-refractivity contribution < 1.29 is 23.1 Å². The summed E-state index contributed by atoms with van der Waals surface area (Å²) in [6.07, 6.45) is -0.628. The van der Waals surface area contributed by atoms with E-state index in [1.54, 1.807) is 34.6 Å². The summed E-state index contributed by atoms with van der Waals surface area (Å²) in [6.45, 7) is 8.52. The second-order valence-corrected chi connectivity index (χ2v) is 6.79. The number of halogens is 2. The fourth-order valence-electron chi connectivity index (χ4n) is 1.71. The summed E-state index contributed by atoms with van der Waals surface area (Å²) in [5, 5.41) is 5.06. The van der Waals surface area contributed by atoms with Crippen LogP contribution in [0.5, 0.6) is 0 Å². The van der Waals surface area contributed by atoms with Crippen LogP contribution in [0.25, 0.3) is 0 Å². The predicted octanol–water partition coefficient (Wildman–Crippen LogP) is 3.00. The number of hydrogen-bond donors (Lipinski definition) is 2. The quantitative estimate of drug-likeness (QED) is 0.893. The van der Waals surface area contributed by atoms with Gasteiger partial charge in [-0.1, -0.05) is 6.07 Å². The Balaban J connectivity index is 2.66. The number of amides is 2. The lowest BCUT2D eigenvalue weighted by Crippen LogP contribution is -2.52. The molecule has 0 saturated heterocycles. The van der Waals surface area contributed by atoms with Gasteiger partial charge in [0.1, 0.15) is 5.60 Å². The highest BCUT2D eigenvalue weighted by molar-refractivity contribution is 5.95. The van der Waals surface area contributed by atoms with Gasteiger partial charge < -0.3 is 15.4 Å². The van der Waals surface area contributed by atoms with Crippen molar-refractivity contribution >= 4 is 12.0 Å². The van der Waals surface area contributed by atoms with Crippen LogP contribution in [-0.2, 0) is 4.74 Å². The fraction of sp³-hybridized carbons (Fsp3) is 0.500. The third-order valence-corrected chi connectivity index (χ3v) is 2.72. The molecule has 1 aromatic rings. The largest absolute Gasteiger partial charge is 0.444 e. The summed E-state index contributed by atoms with van der Waals surface area (Å²) in [5.74, 6) is -3.07. The van der Waals surface area contributed by atoms with E-state index in [0.29, 0.717) is 0 Å². The Labute approximate surface area is 134 Å². The highest BCUT2D eigenvalue weighted by atomic mass is 19.2. The average Bonchev–Trinajstić information content (AvgIpc) is 2.37. The first kappa shape index (κ1) is 18.9. The Morgan fingerprint density at radius 1 is 1.13 bits per heavy atom. The van der Waals surface area contributed by atoms with Crippen molar-refractivity contribution in [2.24, 2.45) is 0 Å². The van der Waals surface area contributed by atoms with Crippen molar-refractivity contribution in [2.45, 2.75) is 45.8 Å². The molecule has 0 heterocycles. The molecule has 2 amide bonds. The molecule has 5 nitrogen and oxygen atoms in total. The lowest BCUT2D eigenvalue weighted by molar-refractivity contribution is 0.0509. The average molecular weight is 328 g/mol. The van der Waals surface area contributed by atoms with Crippen LogP contribution in [0.3, 0.4) is 0 Å². The zero-order valence-corrected chi connectivity index (χ0v) is 13.9. The van der Waals surface area contributed by atoms with Gasteiger partial charge in [0.2, 0.25) is 0 Å². The number of carbonyl (C=O) groups is 2.